The monoisotopic (exact) mass is 241 g/mol. The van der Waals surface area contributed by atoms with Crippen molar-refractivity contribution in [1.82, 2.24) is 4.90 Å². The van der Waals surface area contributed by atoms with Crippen molar-refractivity contribution in [2.75, 3.05) is 13.6 Å². The van der Waals surface area contributed by atoms with Gasteiger partial charge in [0.25, 0.3) is 0 Å². The summed E-state index contributed by atoms with van der Waals surface area (Å²) in [5, 5.41) is 9.57. The van der Waals surface area contributed by atoms with Crippen molar-refractivity contribution in [3.63, 3.8) is 0 Å². The SMILES string of the molecule is CCCN(C)C1(C(=O)O)CCC(C(C)C)CC1. The number of carboxylic acid groups (broad SMARTS) is 1. The maximum atomic E-state index is 11.6. The van der Waals surface area contributed by atoms with Gasteiger partial charge in [0.1, 0.15) is 5.54 Å². The fraction of sp³-hybridized carbons (Fsp3) is 0.929. The van der Waals surface area contributed by atoms with Crippen molar-refractivity contribution < 1.29 is 9.90 Å². The lowest BCUT2D eigenvalue weighted by atomic mass is 9.72. The van der Waals surface area contributed by atoms with Gasteiger partial charge in [-0.1, -0.05) is 20.8 Å². The van der Waals surface area contributed by atoms with Crippen LogP contribution < -0.4 is 0 Å². The van der Waals surface area contributed by atoms with E-state index in [0.717, 1.165) is 38.6 Å². The van der Waals surface area contributed by atoms with Crippen molar-refractivity contribution in [2.45, 2.75) is 58.4 Å². The first-order valence-electron chi connectivity index (χ1n) is 6.88. The van der Waals surface area contributed by atoms with Gasteiger partial charge in [0.05, 0.1) is 0 Å². The Hall–Kier alpha value is -0.570. The average molecular weight is 241 g/mol. The Kier molecular flexibility index (Phi) is 4.99. The summed E-state index contributed by atoms with van der Waals surface area (Å²) in [7, 11) is 1.97. The van der Waals surface area contributed by atoms with Crippen molar-refractivity contribution in [3.05, 3.63) is 0 Å². The largest absolute Gasteiger partial charge is 0.480 e. The number of hydrogen-bond acceptors (Lipinski definition) is 2. The number of hydrogen-bond donors (Lipinski definition) is 1. The minimum Gasteiger partial charge on any atom is -0.480 e. The number of nitrogens with zero attached hydrogens (tertiary/aromatic N) is 1. The Morgan fingerprint density at radius 3 is 2.29 bits per heavy atom. The summed E-state index contributed by atoms with van der Waals surface area (Å²) in [5.74, 6) is 0.756. The van der Waals surface area contributed by atoms with Gasteiger partial charge in [-0.2, -0.15) is 0 Å². The lowest BCUT2D eigenvalue weighted by Gasteiger charge is -2.44. The molecular weight excluding hydrogens is 214 g/mol. The van der Waals surface area contributed by atoms with Crippen molar-refractivity contribution in [2.24, 2.45) is 11.8 Å². The predicted molar refractivity (Wildman–Crippen MR) is 70.1 cm³/mol. The van der Waals surface area contributed by atoms with E-state index in [1.165, 1.54) is 0 Å². The Labute approximate surface area is 105 Å². The zero-order valence-corrected chi connectivity index (χ0v) is 11.7. The van der Waals surface area contributed by atoms with E-state index < -0.39 is 11.5 Å². The van der Waals surface area contributed by atoms with Crippen LogP contribution in [0.1, 0.15) is 52.9 Å². The van der Waals surface area contributed by atoms with E-state index in [2.05, 4.69) is 25.7 Å². The second-order valence-electron chi connectivity index (χ2n) is 5.84. The number of likely N-dealkylation sites (N-methyl/N-ethyl adjacent to an activating group) is 1. The van der Waals surface area contributed by atoms with Crippen LogP contribution in [0.4, 0.5) is 0 Å². The van der Waals surface area contributed by atoms with Crippen molar-refractivity contribution >= 4 is 5.97 Å². The Morgan fingerprint density at radius 1 is 1.41 bits per heavy atom. The molecule has 0 aromatic carbocycles. The molecule has 1 N–H and O–H groups in total. The van der Waals surface area contributed by atoms with Crippen LogP contribution in [0.5, 0.6) is 0 Å². The normalized spacial score (nSPS) is 29.9. The lowest BCUT2D eigenvalue weighted by molar-refractivity contribution is -0.154. The zero-order valence-electron chi connectivity index (χ0n) is 11.7. The summed E-state index contributed by atoms with van der Waals surface area (Å²) < 4.78 is 0. The minimum atomic E-state index is -0.629. The highest BCUT2D eigenvalue weighted by atomic mass is 16.4. The molecule has 3 heteroatoms. The van der Waals surface area contributed by atoms with Gasteiger partial charge in [-0.25, -0.2) is 0 Å². The maximum Gasteiger partial charge on any atom is 0.324 e. The molecule has 100 valence electrons. The highest BCUT2D eigenvalue weighted by Gasteiger charge is 2.45. The molecule has 0 heterocycles. The van der Waals surface area contributed by atoms with Gasteiger partial charge in [-0.3, -0.25) is 9.69 Å². The van der Waals surface area contributed by atoms with Gasteiger partial charge < -0.3 is 5.11 Å². The number of aliphatic carboxylic acids is 1. The van der Waals surface area contributed by atoms with E-state index in [4.69, 9.17) is 0 Å². The third-order valence-electron chi connectivity index (χ3n) is 4.49. The van der Waals surface area contributed by atoms with Gasteiger partial charge >= 0.3 is 5.97 Å². The molecule has 17 heavy (non-hydrogen) atoms. The van der Waals surface area contributed by atoms with Crippen LogP contribution in [0, 0.1) is 11.8 Å². The first kappa shape index (κ1) is 14.5. The van der Waals surface area contributed by atoms with Gasteiger partial charge in [-0.05, 0) is 57.5 Å². The van der Waals surface area contributed by atoms with Crippen LogP contribution in [-0.4, -0.2) is 35.1 Å². The van der Waals surface area contributed by atoms with E-state index in [0.29, 0.717) is 11.8 Å². The standard InChI is InChI=1S/C14H27NO2/c1-5-10-15(4)14(13(16)17)8-6-12(7-9-14)11(2)3/h11-12H,5-10H2,1-4H3,(H,16,17). The third kappa shape index (κ3) is 3.01. The molecule has 1 aliphatic carbocycles. The zero-order chi connectivity index (χ0) is 13.1. The molecule has 1 saturated carbocycles. The molecule has 0 unspecified atom stereocenters. The quantitative estimate of drug-likeness (QED) is 0.804. The summed E-state index contributed by atoms with van der Waals surface area (Å²) >= 11 is 0. The van der Waals surface area contributed by atoms with Crippen LogP contribution in [0.25, 0.3) is 0 Å². The van der Waals surface area contributed by atoms with Crippen LogP contribution >= 0.6 is 0 Å². The van der Waals surface area contributed by atoms with Crippen molar-refractivity contribution in [3.8, 4) is 0 Å². The van der Waals surface area contributed by atoms with E-state index in [-0.39, 0.29) is 0 Å². The van der Waals surface area contributed by atoms with Gasteiger partial charge in [-0.15, -0.1) is 0 Å². The number of rotatable bonds is 5. The van der Waals surface area contributed by atoms with Crippen LogP contribution in [-0.2, 0) is 4.79 Å². The molecule has 1 aliphatic rings. The Bertz CT molecular complexity index is 255. The molecule has 1 rings (SSSR count). The van der Waals surface area contributed by atoms with E-state index in [1.807, 2.05) is 7.05 Å². The summed E-state index contributed by atoms with van der Waals surface area (Å²) in [6.45, 7) is 7.47. The lowest BCUT2D eigenvalue weighted by Crippen LogP contribution is -2.55. The first-order valence-corrected chi connectivity index (χ1v) is 6.88. The minimum absolute atomic E-state index is 0.596. The summed E-state index contributed by atoms with van der Waals surface area (Å²) in [6, 6.07) is 0. The van der Waals surface area contributed by atoms with Crippen LogP contribution in [0.2, 0.25) is 0 Å². The highest BCUT2D eigenvalue weighted by molar-refractivity contribution is 5.78. The second-order valence-corrected chi connectivity index (χ2v) is 5.84. The third-order valence-corrected chi connectivity index (χ3v) is 4.49. The Morgan fingerprint density at radius 2 is 1.94 bits per heavy atom. The number of carbonyl (C=O) groups is 1. The van der Waals surface area contributed by atoms with E-state index in [9.17, 15) is 9.90 Å². The molecule has 0 atom stereocenters. The number of carboxylic acids is 1. The maximum absolute atomic E-state index is 11.6. The molecule has 3 nitrogen and oxygen atoms in total. The molecule has 1 fully saturated rings. The topological polar surface area (TPSA) is 40.5 Å². The molecule has 0 saturated heterocycles. The molecule has 0 bridgehead atoms. The van der Waals surface area contributed by atoms with Crippen molar-refractivity contribution in [1.29, 1.82) is 0 Å². The summed E-state index contributed by atoms with van der Waals surface area (Å²) in [4.78, 5) is 13.7. The van der Waals surface area contributed by atoms with Gasteiger partial charge in [0, 0.05) is 0 Å². The van der Waals surface area contributed by atoms with Gasteiger partial charge in [0.2, 0.25) is 0 Å². The first-order chi connectivity index (χ1) is 7.94. The molecule has 0 aliphatic heterocycles. The van der Waals surface area contributed by atoms with Crippen LogP contribution in [0.15, 0.2) is 0 Å². The fourth-order valence-corrected chi connectivity index (χ4v) is 3.09. The average Bonchev–Trinajstić information content (AvgIpc) is 2.29. The molecule has 0 amide bonds. The molecule has 0 aromatic heterocycles. The van der Waals surface area contributed by atoms with Gasteiger partial charge in [0.15, 0.2) is 0 Å². The molecule has 0 spiro atoms. The molecule has 0 aromatic rings. The molecule has 0 radical (unpaired) electrons. The predicted octanol–water partition coefficient (Wildman–Crippen LogP) is 3.00. The summed E-state index contributed by atoms with van der Waals surface area (Å²) in [5.41, 5.74) is -0.596. The Balaban J connectivity index is 2.73. The summed E-state index contributed by atoms with van der Waals surface area (Å²) in [6.07, 6.45) is 4.73. The highest BCUT2D eigenvalue weighted by Crippen LogP contribution is 2.39. The van der Waals surface area contributed by atoms with Crippen LogP contribution in [0.3, 0.4) is 0 Å². The van der Waals surface area contributed by atoms with E-state index in [1.54, 1.807) is 0 Å². The van der Waals surface area contributed by atoms with E-state index >= 15 is 0 Å². The molecular formula is C14H27NO2. The fourth-order valence-electron chi connectivity index (χ4n) is 3.09. The smallest absolute Gasteiger partial charge is 0.324 e. The second kappa shape index (κ2) is 5.85.